The number of nitrogens with zero attached hydrogens (tertiary/aromatic N) is 2. The maximum Gasteiger partial charge on any atom is 0.257 e. The molecule has 0 spiro atoms. The van der Waals surface area contributed by atoms with E-state index in [2.05, 4.69) is 0 Å². The summed E-state index contributed by atoms with van der Waals surface area (Å²) >= 11 is 0. The topological polar surface area (TPSA) is 87.2 Å². The number of ether oxygens (including phenoxy) is 1. The molecule has 9 heteroatoms. The maximum atomic E-state index is 13.5. The minimum atomic E-state index is -3.89. The van der Waals surface area contributed by atoms with Gasteiger partial charge in [0.2, 0.25) is 10.0 Å². The van der Waals surface area contributed by atoms with Crippen LogP contribution >= 0.6 is 0 Å². The van der Waals surface area contributed by atoms with Crippen LogP contribution in [0.5, 0.6) is 11.5 Å². The summed E-state index contributed by atoms with van der Waals surface area (Å²) in [4.78, 5) is 14.0. The molecule has 0 aliphatic carbocycles. The summed E-state index contributed by atoms with van der Waals surface area (Å²) in [6, 6.07) is 8.07. The Bertz CT molecular complexity index is 1000. The second-order valence-electron chi connectivity index (χ2n) is 6.51. The Balaban J connectivity index is 1.77. The second-order valence-corrected chi connectivity index (χ2v) is 8.42. The van der Waals surface area contributed by atoms with Gasteiger partial charge in [-0.1, -0.05) is 6.07 Å². The van der Waals surface area contributed by atoms with Crippen LogP contribution in [0.4, 0.5) is 4.39 Å². The summed E-state index contributed by atoms with van der Waals surface area (Å²) in [7, 11) is -2.50. The highest BCUT2D eigenvalue weighted by Crippen LogP contribution is 2.28. The lowest BCUT2D eigenvalue weighted by molar-refractivity contribution is 0.0694. The van der Waals surface area contributed by atoms with Gasteiger partial charge in [-0.15, -0.1) is 0 Å². The number of methoxy groups -OCH3 is 1. The average molecular weight is 408 g/mol. The van der Waals surface area contributed by atoms with Crippen molar-refractivity contribution in [1.29, 1.82) is 0 Å². The molecule has 2 aromatic carbocycles. The number of hydrogen-bond donors (Lipinski definition) is 1. The van der Waals surface area contributed by atoms with Gasteiger partial charge in [0, 0.05) is 26.2 Å². The smallest absolute Gasteiger partial charge is 0.257 e. The van der Waals surface area contributed by atoms with Gasteiger partial charge in [0.15, 0.2) is 0 Å². The molecule has 0 saturated carbocycles. The predicted octanol–water partition coefficient (Wildman–Crippen LogP) is 2.00. The third-order valence-electron chi connectivity index (χ3n) is 4.65. The van der Waals surface area contributed by atoms with E-state index in [1.54, 1.807) is 13.0 Å². The van der Waals surface area contributed by atoms with Gasteiger partial charge in [-0.2, -0.15) is 4.31 Å². The summed E-state index contributed by atoms with van der Waals surface area (Å²) in [5.74, 6) is -1.04. The van der Waals surface area contributed by atoms with Crippen molar-refractivity contribution in [3.63, 3.8) is 0 Å². The largest absolute Gasteiger partial charge is 0.507 e. The second kappa shape index (κ2) is 7.76. The first-order valence-electron chi connectivity index (χ1n) is 8.66. The highest BCUT2D eigenvalue weighted by Gasteiger charge is 2.32. The lowest BCUT2D eigenvalue weighted by Gasteiger charge is -2.34. The molecule has 150 valence electrons. The van der Waals surface area contributed by atoms with Gasteiger partial charge in [0.05, 0.1) is 12.7 Å². The molecule has 1 fully saturated rings. The van der Waals surface area contributed by atoms with E-state index in [1.807, 2.05) is 0 Å². The lowest BCUT2D eigenvalue weighted by Crippen LogP contribution is -2.50. The zero-order valence-corrected chi connectivity index (χ0v) is 16.4. The van der Waals surface area contributed by atoms with Crippen molar-refractivity contribution in [2.24, 2.45) is 0 Å². The number of amides is 1. The van der Waals surface area contributed by atoms with Crippen LogP contribution in [0, 0.1) is 12.7 Å². The van der Waals surface area contributed by atoms with Crippen LogP contribution in [0.3, 0.4) is 0 Å². The number of halogens is 1. The highest BCUT2D eigenvalue weighted by molar-refractivity contribution is 7.89. The number of rotatable bonds is 4. The quantitative estimate of drug-likeness (QED) is 0.836. The Morgan fingerprint density at radius 2 is 1.79 bits per heavy atom. The van der Waals surface area contributed by atoms with Gasteiger partial charge in [-0.25, -0.2) is 12.8 Å². The Morgan fingerprint density at radius 3 is 2.43 bits per heavy atom. The molecule has 28 heavy (non-hydrogen) atoms. The standard InChI is InChI=1S/C19H21FN2O5S/c1-13-3-5-16(23)18(11-13)28(25,26)22-9-7-21(8-10-22)19(24)15-12-14(20)4-6-17(15)27-2/h3-6,11-12,23H,7-10H2,1-2H3. The molecule has 1 saturated heterocycles. The molecule has 0 radical (unpaired) electrons. The molecule has 7 nitrogen and oxygen atoms in total. The molecule has 0 atom stereocenters. The number of phenolic OH excluding ortho intramolecular Hbond substituents is 1. The zero-order valence-electron chi connectivity index (χ0n) is 15.6. The number of carbonyl (C=O) groups is 1. The van der Waals surface area contributed by atoms with Crippen molar-refractivity contribution in [3.8, 4) is 11.5 Å². The number of benzene rings is 2. The molecular weight excluding hydrogens is 387 g/mol. The number of hydrogen-bond acceptors (Lipinski definition) is 5. The van der Waals surface area contributed by atoms with Gasteiger partial charge in [0.1, 0.15) is 22.2 Å². The first-order valence-corrected chi connectivity index (χ1v) is 10.1. The molecule has 1 heterocycles. The molecule has 1 aliphatic heterocycles. The number of sulfonamides is 1. The van der Waals surface area contributed by atoms with Crippen LogP contribution in [-0.2, 0) is 10.0 Å². The van der Waals surface area contributed by atoms with Crippen LogP contribution in [0.1, 0.15) is 15.9 Å². The average Bonchev–Trinajstić information content (AvgIpc) is 2.69. The zero-order chi connectivity index (χ0) is 20.5. The van der Waals surface area contributed by atoms with Crippen molar-refractivity contribution < 1.29 is 27.4 Å². The number of aromatic hydroxyl groups is 1. The summed E-state index contributed by atoms with van der Waals surface area (Å²) in [5.41, 5.74) is 0.804. The monoisotopic (exact) mass is 408 g/mol. The van der Waals surface area contributed by atoms with Crippen LogP contribution < -0.4 is 4.74 Å². The maximum absolute atomic E-state index is 13.5. The molecule has 0 aromatic heterocycles. The van der Waals surface area contributed by atoms with Gasteiger partial charge in [-0.3, -0.25) is 4.79 Å². The molecule has 1 aliphatic rings. The van der Waals surface area contributed by atoms with Gasteiger partial charge in [-0.05, 0) is 42.8 Å². The molecule has 1 amide bonds. The SMILES string of the molecule is COc1ccc(F)cc1C(=O)N1CCN(S(=O)(=O)c2cc(C)ccc2O)CC1. The highest BCUT2D eigenvalue weighted by atomic mass is 32.2. The molecule has 2 aromatic rings. The summed E-state index contributed by atoms with van der Waals surface area (Å²) in [6.07, 6.45) is 0. The van der Waals surface area contributed by atoms with Crippen LogP contribution in [0.2, 0.25) is 0 Å². The molecular formula is C19H21FN2O5S. The number of phenols is 1. The fourth-order valence-corrected chi connectivity index (χ4v) is 4.71. The molecule has 3 rings (SSSR count). The molecule has 1 N–H and O–H groups in total. The van der Waals surface area contributed by atoms with Crippen molar-refractivity contribution in [2.75, 3.05) is 33.3 Å². The number of aryl methyl sites for hydroxylation is 1. The van der Waals surface area contributed by atoms with Crippen molar-refractivity contribution in [3.05, 3.63) is 53.3 Å². The lowest BCUT2D eigenvalue weighted by atomic mass is 10.1. The van der Waals surface area contributed by atoms with Crippen molar-refractivity contribution >= 4 is 15.9 Å². The number of carbonyl (C=O) groups excluding carboxylic acids is 1. The fraction of sp³-hybridized carbons (Fsp3) is 0.316. The third-order valence-corrected chi connectivity index (χ3v) is 6.58. The van der Waals surface area contributed by atoms with Gasteiger partial charge < -0.3 is 14.7 Å². The van der Waals surface area contributed by atoms with Crippen LogP contribution in [-0.4, -0.2) is 61.9 Å². The summed E-state index contributed by atoms with van der Waals surface area (Å²) < 4.78 is 45.6. The van der Waals surface area contributed by atoms with E-state index in [-0.39, 0.29) is 48.1 Å². The Hall–Kier alpha value is -2.65. The van der Waals surface area contributed by atoms with E-state index in [9.17, 15) is 22.7 Å². The first-order chi connectivity index (χ1) is 13.2. The van der Waals surface area contributed by atoms with Crippen molar-refractivity contribution in [2.45, 2.75) is 11.8 Å². The molecule has 0 bridgehead atoms. The van der Waals surface area contributed by atoms with E-state index in [0.717, 1.165) is 6.07 Å². The number of piperazine rings is 1. The first kappa shape index (κ1) is 20.1. The Morgan fingerprint density at radius 1 is 1.11 bits per heavy atom. The van der Waals surface area contributed by atoms with E-state index >= 15 is 0 Å². The van der Waals surface area contributed by atoms with E-state index < -0.39 is 21.7 Å². The van der Waals surface area contributed by atoms with Crippen LogP contribution in [0.25, 0.3) is 0 Å². The van der Waals surface area contributed by atoms with Crippen LogP contribution in [0.15, 0.2) is 41.3 Å². The fourth-order valence-electron chi connectivity index (χ4n) is 3.12. The Kier molecular flexibility index (Phi) is 5.57. The van der Waals surface area contributed by atoms with Gasteiger partial charge in [0.25, 0.3) is 5.91 Å². The van der Waals surface area contributed by atoms with E-state index in [4.69, 9.17) is 4.74 Å². The Labute approximate surface area is 163 Å². The molecule has 0 unspecified atom stereocenters. The normalized spacial score (nSPS) is 15.5. The third kappa shape index (κ3) is 3.81. The minimum absolute atomic E-state index is 0.0685. The van der Waals surface area contributed by atoms with Gasteiger partial charge >= 0.3 is 0 Å². The predicted molar refractivity (Wildman–Crippen MR) is 100 cm³/mol. The minimum Gasteiger partial charge on any atom is -0.507 e. The summed E-state index contributed by atoms with van der Waals surface area (Å²) in [5, 5.41) is 9.95. The summed E-state index contributed by atoms with van der Waals surface area (Å²) in [6.45, 7) is 2.16. The van der Waals surface area contributed by atoms with E-state index in [1.165, 1.54) is 40.6 Å². The van der Waals surface area contributed by atoms with E-state index in [0.29, 0.717) is 5.56 Å². The van der Waals surface area contributed by atoms with Crippen molar-refractivity contribution in [1.82, 2.24) is 9.21 Å².